The Kier molecular flexibility index (Phi) is 4.70. The minimum absolute atomic E-state index is 0.235. The molecule has 2 aromatic heterocycles. The molecule has 0 amide bonds. The van der Waals surface area contributed by atoms with Gasteiger partial charge in [-0.15, -0.1) is 0 Å². The second-order valence-electron chi connectivity index (χ2n) is 7.38. The third-order valence-electron chi connectivity index (χ3n) is 5.10. The number of rotatable bonds is 4. The minimum Gasteiger partial charge on any atom is -0.297 e. The topological polar surface area (TPSA) is 77.4 Å². The number of aromatic nitrogens is 4. The summed E-state index contributed by atoms with van der Waals surface area (Å²) in [7, 11) is 1.65. The Hall–Kier alpha value is -3.42. The molecule has 3 heterocycles. The van der Waals surface area contributed by atoms with Crippen LogP contribution in [0.15, 0.2) is 51.1 Å². The monoisotopic (exact) mass is 392 g/mol. The Labute approximate surface area is 168 Å². The van der Waals surface area contributed by atoms with Crippen molar-refractivity contribution in [3.8, 4) is 0 Å². The molecule has 0 saturated carbocycles. The summed E-state index contributed by atoms with van der Waals surface area (Å²) < 4.78 is 4.54. The van der Waals surface area contributed by atoms with Crippen LogP contribution in [0, 0.1) is 6.92 Å². The average Bonchev–Trinajstić information content (AvgIpc) is 3.08. The summed E-state index contributed by atoms with van der Waals surface area (Å²) in [6.45, 7) is 7.06. The number of anilines is 1. The lowest BCUT2D eigenvalue weighted by atomic mass is 10.1. The number of aryl methyl sites for hydroxylation is 2. The minimum atomic E-state index is -0.376. The summed E-state index contributed by atoms with van der Waals surface area (Å²) in [4.78, 5) is 30.5. The second kappa shape index (κ2) is 7.20. The highest BCUT2D eigenvalue weighted by molar-refractivity contribution is 5.87. The molecule has 4 rings (SSSR count). The third kappa shape index (κ3) is 3.20. The first-order valence-electron chi connectivity index (χ1n) is 9.59. The van der Waals surface area contributed by atoms with Gasteiger partial charge in [0, 0.05) is 13.6 Å². The zero-order valence-corrected chi connectivity index (χ0v) is 17.1. The quantitative estimate of drug-likeness (QED) is 0.638. The maximum Gasteiger partial charge on any atom is 0.332 e. The second-order valence-corrected chi connectivity index (χ2v) is 7.38. The van der Waals surface area contributed by atoms with Gasteiger partial charge in [-0.05, 0) is 26.3 Å². The van der Waals surface area contributed by atoms with Crippen LogP contribution in [0.4, 0.5) is 5.95 Å². The molecular formula is C21H24N6O2. The number of fused-ring (bicyclic) bond motifs is 3. The van der Waals surface area contributed by atoms with E-state index in [0.29, 0.717) is 30.2 Å². The van der Waals surface area contributed by atoms with Crippen LogP contribution >= 0.6 is 0 Å². The molecule has 1 aromatic carbocycles. The molecule has 1 aliphatic rings. The molecule has 0 aliphatic carbocycles. The standard InChI is InChI=1S/C21H24N6O2/c1-5-6-11-25-19(28)17-18(24(4)21(25)29)22-20-26(17)12-15(3)23-27(20)13-16-9-7-14(2)8-10-16/h5-10H,11-13H2,1-4H3. The van der Waals surface area contributed by atoms with Crippen molar-refractivity contribution in [2.45, 2.75) is 40.4 Å². The molecule has 8 heteroatoms. The predicted molar refractivity (Wildman–Crippen MR) is 115 cm³/mol. The normalized spacial score (nSPS) is 13.9. The average molecular weight is 392 g/mol. The highest BCUT2D eigenvalue weighted by atomic mass is 16.2. The summed E-state index contributed by atoms with van der Waals surface area (Å²) >= 11 is 0. The van der Waals surface area contributed by atoms with E-state index in [1.165, 1.54) is 14.7 Å². The van der Waals surface area contributed by atoms with Gasteiger partial charge in [0.15, 0.2) is 11.2 Å². The van der Waals surface area contributed by atoms with Gasteiger partial charge in [-0.1, -0.05) is 42.0 Å². The number of hydrogen-bond donors (Lipinski definition) is 0. The Morgan fingerprint density at radius 3 is 2.55 bits per heavy atom. The first-order chi connectivity index (χ1) is 13.9. The number of hydrogen-bond acceptors (Lipinski definition) is 5. The van der Waals surface area contributed by atoms with Crippen LogP contribution in [0.1, 0.15) is 25.0 Å². The van der Waals surface area contributed by atoms with Crippen LogP contribution < -0.4 is 16.3 Å². The van der Waals surface area contributed by atoms with Crippen LogP contribution in [-0.4, -0.2) is 24.4 Å². The fraction of sp³-hybridized carbons (Fsp3) is 0.333. The smallest absolute Gasteiger partial charge is 0.297 e. The predicted octanol–water partition coefficient (Wildman–Crippen LogP) is 2.18. The highest BCUT2D eigenvalue weighted by Gasteiger charge is 2.26. The molecule has 0 atom stereocenters. The van der Waals surface area contributed by atoms with Gasteiger partial charge in [0.25, 0.3) is 5.56 Å². The molecule has 3 aromatic rings. The molecule has 1 aliphatic heterocycles. The first-order valence-corrected chi connectivity index (χ1v) is 9.59. The number of nitrogens with zero attached hydrogens (tertiary/aromatic N) is 6. The van der Waals surface area contributed by atoms with Gasteiger partial charge in [0.2, 0.25) is 5.95 Å². The molecule has 0 spiro atoms. The number of imidazole rings is 1. The molecule has 0 fully saturated rings. The molecule has 29 heavy (non-hydrogen) atoms. The number of benzene rings is 1. The summed E-state index contributed by atoms with van der Waals surface area (Å²) in [6, 6.07) is 8.23. The van der Waals surface area contributed by atoms with Crippen LogP contribution in [0.3, 0.4) is 0 Å². The van der Waals surface area contributed by atoms with Crippen LogP contribution in [0.2, 0.25) is 0 Å². The van der Waals surface area contributed by atoms with E-state index < -0.39 is 0 Å². The SMILES string of the molecule is CC=CCn1c(=O)c2c(nc3n2CC(C)=NN3Cc2ccc(C)cc2)n(C)c1=O. The van der Waals surface area contributed by atoms with Gasteiger partial charge < -0.3 is 0 Å². The Bertz CT molecular complexity index is 1260. The van der Waals surface area contributed by atoms with Gasteiger partial charge in [-0.2, -0.15) is 10.1 Å². The van der Waals surface area contributed by atoms with Crippen molar-refractivity contribution < 1.29 is 0 Å². The number of hydrazone groups is 1. The Morgan fingerprint density at radius 2 is 1.86 bits per heavy atom. The van der Waals surface area contributed by atoms with Crippen molar-refractivity contribution in [3.63, 3.8) is 0 Å². The summed E-state index contributed by atoms with van der Waals surface area (Å²) in [5.41, 5.74) is 3.25. The van der Waals surface area contributed by atoms with E-state index in [1.807, 2.05) is 31.4 Å². The van der Waals surface area contributed by atoms with Gasteiger partial charge >= 0.3 is 5.69 Å². The molecule has 0 N–H and O–H groups in total. The van der Waals surface area contributed by atoms with E-state index in [1.54, 1.807) is 18.1 Å². The van der Waals surface area contributed by atoms with Crippen molar-refractivity contribution in [1.29, 1.82) is 0 Å². The van der Waals surface area contributed by atoms with E-state index in [9.17, 15) is 9.59 Å². The molecule has 150 valence electrons. The summed E-state index contributed by atoms with van der Waals surface area (Å²) in [5, 5.41) is 6.44. The molecule has 8 nitrogen and oxygen atoms in total. The van der Waals surface area contributed by atoms with E-state index in [4.69, 9.17) is 0 Å². The number of allylic oxidation sites excluding steroid dienone is 2. The van der Waals surface area contributed by atoms with Crippen molar-refractivity contribution >= 4 is 22.8 Å². The highest BCUT2D eigenvalue weighted by Crippen LogP contribution is 2.25. The zero-order valence-electron chi connectivity index (χ0n) is 17.1. The molecular weight excluding hydrogens is 368 g/mol. The third-order valence-corrected chi connectivity index (χ3v) is 5.10. The van der Waals surface area contributed by atoms with Crippen molar-refractivity contribution in [2.75, 3.05) is 5.01 Å². The zero-order chi connectivity index (χ0) is 20.7. The van der Waals surface area contributed by atoms with E-state index in [0.717, 1.165) is 11.3 Å². The maximum absolute atomic E-state index is 13.1. The fourth-order valence-corrected chi connectivity index (χ4v) is 3.56. The molecule has 0 saturated heterocycles. The Balaban J connectivity index is 1.89. The van der Waals surface area contributed by atoms with Gasteiger partial charge in [0.05, 0.1) is 18.8 Å². The van der Waals surface area contributed by atoms with Crippen LogP contribution in [0.25, 0.3) is 11.2 Å². The lowest BCUT2D eigenvalue weighted by Gasteiger charge is -2.25. The molecule has 0 bridgehead atoms. The van der Waals surface area contributed by atoms with Crippen LogP contribution in [-0.2, 0) is 26.7 Å². The van der Waals surface area contributed by atoms with E-state index in [2.05, 4.69) is 34.4 Å². The molecule has 0 radical (unpaired) electrons. The van der Waals surface area contributed by atoms with Gasteiger partial charge in [0.1, 0.15) is 0 Å². The van der Waals surface area contributed by atoms with Gasteiger partial charge in [-0.25, -0.2) is 9.80 Å². The first kappa shape index (κ1) is 18.9. The summed E-state index contributed by atoms with van der Waals surface area (Å²) in [6.07, 6.45) is 3.61. The van der Waals surface area contributed by atoms with E-state index in [-0.39, 0.29) is 17.8 Å². The van der Waals surface area contributed by atoms with E-state index >= 15 is 0 Å². The maximum atomic E-state index is 13.1. The fourth-order valence-electron chi connectivity index (χ4n) is 3.56. The van der Waals surface area contributed by atoms with Crippen LogP contribution in [0.5, 0.6) is 0 Å². The van der Waals surface area contributed by atoms with Crippen molar-refractivity contribution in [3.05, 3.63) is 68.4 Å². The van der Waals surface area contributed by atoms with Crippen molar-refractivity contribution in [1.82, 2.24) is 18.7 Å². The Morgan fingerprint density at radius 1 is 1.14 bits per heavy atom. The lowest BCUT2D eigenvalue weighted by Crippen LogP contribution is -2.39. The lowest BCUT2D eigenvalue weighted by molar-refractivity contribution is 0.662. The van der Waals surface area contributed by atoms with Crippen molar-refractivity contribution in [2.24, 2.45) is 12.1 Å². The largest absolute Gasteiger partial charge is 0.332 e. The summed E-state index contributed by atoms with van der Waals surface area (Å²) in [5.74, 6) is 0.571. The van der Waals surface area contributed by atoms with Gasteiger partial charge in [-0.3, -0.25) is 18.5 Å². The molecule has 0 unspecified atom stereocenters.